The number of thiazole rings is 1. The summed E-state index contributed by atoms with van der Waals surface area (Å²) in [7, 11) is 0. The molecule has 8 heteroatoms. The number of benzene rings is 3. The second-order valence-electron chi connectivity index (χ2n) is 8.75. The maximum atomic E-state index is 13.0. The molecule has 3 aromatic carbocycles. The highest BCUT2D eigenvalue weighted by molar-refractivity contribution is 7.21. The van der Waals surface area contributed by atoms with Gasteiger partial charge in [0.2, 0.25) is 5.91 Å². The molecule has 1 aliphatic rings. The molecule has 2 heterocycles. The first-order valence-electron chi connectivity index (χ1n) is 11.4. The van der Waals surface area contributed by atoms with E-state index in [0.29, 0.717) is 18.5 Å². The molecule has 4 amide bonds. The lowest BCUT2D eigenvalue weighted by Gasteiger charge is -2.21. The van der Waals surface area contributed by atoms with Gasteiger partial charge in [-0.25, -0.2) is 9.78 Å². The summed E-state index contributed by atoms with van der Waals surface area (Å²) in [5, 5.41) is 6.42. The Morgan fingerprint density at radius 3 is 2.60 bits per heavy atom. The van der Waals surface area contributed by atoms with Crippen LogP contribution in [-0.2, 0) is 16.0 Å². The second-order valence-corrected chi connectivity index (χ2v) is 9.79. The van der Waals surface area contributed by atoms with E-state index in [0.717, 1.165) is 31.3 Å². The van der Waals surface area contributed by atoms with E-state index in [4.69, 9.17) is 0 Å². The molecule has 0 aliphatic carbocycles. The van der Waals surface area contributed by atoms with Crippen molar-refractivity contribution in [2.45, 2.75) is 25.3 Å². The molecule has 176 valence electrons. The van der Waals surface area contributed by atoms with Crippen LogP contribution in [0.3, 0.4) is 0 Å². The Bertz CT molecular complexity index is 1390. The quantitative estimate of drug-likeness (QED) is 0.367. The summed E-state index contributed by atoms with van der Waals surface area (Å²) in [4.78, 5) is 43.9. The SMILES string of the molecule is C[C@]1(CCc2ccccc2)NC(=O)N(CC(=O)Nc2cccc(-c3nc4ccccc4s3)c2)C1=O. The van der Waals surface area contributed by atoms with Crippen LogP contribution in [0, 0.1) is 0 Å². The summed E-state index contributed by atoms with van der Waals surface area (Å²) in [6.45, 7) is 1.35. The van der Waals surface area contributed by atoms with Gasteiger partial charge in [0, 0.05) is 11.3 Å². The zero-order chi connectivity index (χ0) is 24.4. The van der Waals surface area contributed by atoms with Gasteiger partial charge in [-0.2, -0.15) is 0 Å². The molecule has 1 saturated heterocycles. The number of amides is 4. The van der Waals surface area contributed by atoms with Gasteiger partial charge in [0.05, 0.1) is 10.2 Å². The smallest absolute Gasteiger partial charge is 0.325 e. The maximum absolute atomic E-state index is 13.0. The molecule has 1 atom stereocenters. The molecule has 1 aromatic heterocycles. The third-order valence-corrected chi connectivity index (χ3v) is 7.18. The van der Waals surface area contributed by atoms with E-state index >= 15 is 0 Å². The fraction of sp³-hybridized carbons (Fsp3) is 0.185. The minimum atomic E-state index is -1.04. The van der Waals surface area contributed by atoms with Gasteiger partial charge < -0.3 is 10.6 Å². The summed E-state index contributed by atoms with van der Waals surface area (Å²) < 4.78 is 1.09. The molecule has 1 fully saturated rings. The van der Waals surface area contributed by atoms with Crippen molar-refractivity contribution in [3.63, 3.8) is 0 Å². The molecule has 1 aliphatic heterocycles. The Kier molecular flexibility index (Phi) is 6.05. The van der Waals surface area contributed by atoms with Crippen LogP contribution in [0.4, 0.5) is 10.5 Å². The summed E-state index contributed by atoms with van der Waals surface area (Å²) in [6.07, 6.45) is 1.09. The molecule has 0 unspecified atom stereocenters. The Morgan fingerprint density at radius 1 is 1.03 bits per heavy atom. The standard InChI is InChI=1S/C27H24N4O3S/c1-27(15-14-18-8-3-2-4-9-18)25(33)31(26(34)30-27)17-23(32)28-20-11-7-10-19(16-20)24-29-21-12-5-6-13-22(21)35-24/h2-13,16H,14-15,17H2,1H3,(H,28,32)(H,30,34)/t27-/m1/s1. The fourth-order valence-corrected chi connectivity index (χ4v) is 5.13. The number of carbonyl (C=O) groups excluding carboxylic acids is 3. The molecule has 0 bridgehead atoms. The summed E-state index contributed by atoms with van der Waals surface area (Å²) >= 11 is 1.58. The van der Waals surface area contributed by atoms with E-state index in [1.807, 2.05) is 72.8 Å². The number of fused-ring (bicyclic) bond motifs is 1. The third kappa shape index (κ3) is 4.79. The first-order chi connectivity index (χ1) is 16.9. The topological polar surface area (TPSA) is 91.4 Å². The normalized spacial score (nSPS) is 17.6. The molecule has 2 N–H and O–H groups in total. The van der Waals surface area contributed by atoms with Crippen molar-refractivity contribution in [3.05, 3.63) is 84.4 Å². The number of carbonyl (C=O) groups is 3. The number of urea groups is 1. The van der Waals surface area contributed by atoms with Gasteiger partial charge in [0.25, 0.3) is 5.91 Å². The number of hydrogen-bond acceptors (Lipinski definition) is 5. The molecular weight excluding hydrogens is 460 g/mol. The van der Waals surface area contributed by atoms with E-state index < -0.39 is 23.4 Å². The van der Waals surface area contributed by atoms with E-state index in [2.05, 4.69) is 15.6 Å². The first kappa shape index (κ1) is 22.7. The Morgan fingerprint density at radius 2 is 1.80 bits per heavy atom. The average molecular weight is 485 g/mol. The highest BCUT2D eigenvalue weighted by atomic mass is 32.1. The lowest BCUT2D eigenvalue weighted by atomic mass is 9.93. The van der Waals surface area contributed by atoms with Crippen molar-refractivity contribution in [2.24, 2.45) is 0 Å². The van der Waals surface area contributed by atoms with Crippen LogP contribution < -0.4 is 10.6 Å². The number of para-hydroxylation sites is 1. The van der Waals surface area contributed by atoms with Gasteiger partial charge in [0.1, 0.15) is 17.1 Å². The number of anilines is 1. The van der Waals surface area contributed by atoms with Crippen LogP contribution in [0.1, 0.15) is 18.9 Å². The van der Waals surface area contributed by atoms with E-state index in [1.165, 1.54) is 0 Å². The molecule has 5 rings (SSSR count). The van der Waals surface area contributed by atoms with Gasteiger partial charge in [-0.15, -0.1) is 11.3 Å². The molecule has 7 nitrogen and oxygen atoms in total. The number of nitrogens with zero attached hydrogens (tertiary/aromatic N) is 2. The molecule has 0 saturated carbocycles. The monoisotopic (exact) mass is 484 g/mol. The highest BCUT2D eigenvalue weighted by Crippen LogP contribution is 2.31. The van der Waals surface area contributed by atoms with Crippen LogP contribution in [0.2, 0.25) is 0 Å². The zero-order valence-corrected chi connectivity index (χ0v) is 20.0. The number of hydrogen-bond donors (Lipinski definition) is 2. The van der Waals surface area contributed by atoms with Crippen molar-refractivity contribution in [1.29, 1.82) is 0 Å². The van der Waals surface area contributed by atoms with E-state index in [9.17, 15) is 14.4 Å². The average Bonchev–Trinajstić information content (AvgIpc) is 3.39. The molecule has 0 spiro atoms. The van der Waals surface area contributed by atoms with Crippen molar-refractivity contribution in [2.75, 3.05) is 11.9 Å². The first-order valence-corrected chi connectivity index (χ1v) is 12.2. The third-order valence-electron chi connectivity index (χ3n) is 6.09. The number of imide groups is 1. The second kappa shape index (κ2) is 9.31. The number of aryl methyl sites for hydroxylation is 1. The largest absolute Gasteiger partial charge is 0.325 e. The van der Waals surface area contributed by atoms with Crippen LogP contribution in [0.25, 0.3) is 20.8 Å². The highest BCUT2D eigenvalue weighted by Gasteiger charge is 2.47. The van der Waals surface area contributed by atoms with E-state index in [1.54, 1.807) is 24.3 Å². The predicted molar refractivity (Wildman–Crippen MR) is 137 cm³/mol. The fourth-order valence-electron chi connectivity index (χ4n) is 4.17. The number of rotatable bonds is 7. The minimum Gasteiger partial charge on any atom is -0.325 e. The lowest BCUT2D eigenvalue weighted by molar-refractivity contribution is -0.133. The van der Waals surface area contributed by atoms with Crippen molar-refractivity contribution >= 4 is 45.1 Å². The van der Waals surface area contributed by atoms with Crippen molar-refractivity contribution < 1.29 is 14.4 Å². The van der Waals surface area contributed by atoms with Gasteiger partial charge in [-0.1, -0.05) is 54.6 Å². The number of nitrogens with one attached hydrogen (secondary N) is 2. The van der Waals surface area contributed by atoms with Crippen LogP contribution in [0.15, 0.2) is 78.9 Å². The summed E-state index contributed by atoms with van der Waals surface area (Å²) in [5.74, 6) is -0.834. The number of aromatic nitrogens is 1. The van der Waals surface area contributed by atoms with Crippen molar-refractivity contribution in [3.8, 4) is 10.6 Å². The summed E-state index contributed by atoms with van der Waals surface area (Å²) in [5.41, 5.74) is 2.42. The van der Waals surface area contributed by atoms with E-state index in [-0.39, 0.29) is 6.54 Å². The Labute approximate surface area is 206 Å². The molecule has 0 radical (unpaired) electrons. The Balaban J connectivity index is 1.24. The van der Waals surface area contributed by atoms with Gasteiger partial charge >= 0.3 is 6.03 Å². The predicted octanol–water partition coefficient (Wildman–Crippen LogP) is 4.85. The molecule has 35 heavy (non-hydrogen) atoms. The Hall–Kier alpha value is -4.04. The molecule has 4 aromatic rings. The van der Waals surface area contributed by atoms with Crippen LogP contribution in [-0.4, -0.2) is 39.8 Å². The zero-order valence-electron chi connectivity index (χ0n) is 19.2. The minimum absolute atomic E-state index is 0.350. The van der Waals surface area contributed by atoms with Gasteiger partial charge in [0.15, 0.2) is 0 Å². The van der Waals surface area contributed by atoms with Gasteiger partial charge in [-0.05, 0) is 49.6 Å². The van der Waals surface area contributed by atoms with Crippen molar-refractivity contribution in [1.82, 2.24) is 15.2 Å². The molecular formula is C27H24N4O3S. The maximum Gasteiger partial charge on any atom is 0.325 e. The van der Waals surface area contributed by atoms with Crippen LogP contribution in [0.5, 0.6) is 0 Å². The van der Waals surface area contributed by atoms with Gasteiger partial charge in [-0.3, -0.25) is 14.5 Å². The van der Waals surface area contributed by atoms with Crippen LogP contribution >= 0.6 is 11.3 Å². The summed E-state index contributed by atoms with van der Waals surface area (Å²) in [6, 6.07) is 24.5. The lowest BCUT2D eigenvalue weighted by Crippen LogP contribution is -2.45.